The number of hydrogen-bond donors (Lipinski definition) is 4. The molecule has 1 fully saturated rings. The average molecular weight is 587 g/mol. The van der Waals surface area contributed by atoms with Crippen molar-refractivity contribution >= 4 is 19.6 Å². The minimum Gasteiger partial charge on any atom is -0.460 e. The van der Waals surface area contributed by atoms with Crippen LogP contribution in [0.2, 0.25) is 0 Å². The van der Waals surface area contributed by atoms with Crippen LogP contribution in [-0.4, -0.2) is 53.1 Å². The molecule has 1 aliphatic heterocycles. The summed E-state index contributed by atoms with van der Waals surface area (Å²) in [5.74, 6) is -1.16. The van der Waals surface area contributed by atoms with E-state index in [1.165, 1.54) is 36.0 Å². The van der Waals surface area contributed by atoms with E-state index < -0.39 is 56.8 Å². The lowest BCUT2D eigenvalue weighted by molar-refractivity contribution is -0.765. The summed E-state index contributed by atoms with van der Waals surface area (Å²) in [5.41, 5.74) is 7.23. The number of nitrogens with one attached hydrogen (secondary N) is 1. The van der Waals surface area contributed by atoms with Crippen molar-refractivity contribution in [3.8, 4) is 5.75 Å². The van der Waals surface area contributed by atoms with Gasteiger partial charge in [0.25, 0.3) is 12.1 Å². The van der Waals surface area contributed by atoms with Gasteiger partial charge in [0.05, 0.1) is 6.61 Å². The normalized spacial score (nSPS) is 22.4. The van der Waals surface area contributed by atoms with Gasteiger partial charge in [0.1, 0.15) is 36.2 Å². The van der Waals surface area contributed by atoms with Crippen molar-refractivity contribution in [3.63, 3.8) is 0 Å². The molecule has 1 saturated heterocycles. The molecule has 5 N–H and O–H groups in total. The summed E-state index contributed by atoms with van der Waals surface area (Å²) in [6, 6.07) is 17.7. The predicted octanol–water partition coefficient (Wildman–Crippen LogP) is 1.93. The van der Waals surface area contributed by atoms with Gasteiger partial charge in [-0.25, -0.2) is 4.57 Å². The van der Waals surface area contributed by atoms with Crippen LogP contribution in [0.15, 0.2) is 79.1 Å². The molecular formula is C28H33N3O9P+. The van der Waals surface area contributed by atoms with Crippen LogP contribution < -0.4 is 19.9 Å². The van der Waals surface area contributed by atoms with Gasteiger partial charge in [-0.2, -0.15) is 9.65 Å². The maximum atomic E-state index is 13.9. The summed E-state index contributed by atoms with van der Waals surface area (Å²) < 4.78 is 37.7. The SMILES string of the molecule is Cc1ccc(OP(=O)(N[C@@H](C)C(=O)OCc2ccccc2)OC[C@H]2O[C@@H]([n+]3cccc(C(N)=O)c3)C(O)[C@H]2O)cc1. The Morgan fingerprint density at radius 2 is 1.78 bits per heavy atom. The van der Waals surface area contributed by atoms with Crippen LogP contribution in [0.4, 0.5) is 0 Å². The van der Waals surface area contributed by atoms with Crippen LogP contribution in [0, 0.1) is 6.92 Å². The van der Waals surface area contributed by atoms with Crippen molar-refractivity contribution in [2.45, 2.75) is 51.0 Å². The first-order valence-electron chi connectivity index (χ1n) is 12.9. The number of aliphatic hydroxyl groups is 2. The number of pyridine rings is 1. The van der Waals surface area contributed by atoms with Gasteiger partial charge in [0.15, 0.2) is 18.5 Å². The summed E-state index contributed by atoms with van der Waals surface area (Å²) in [6.07, 6.45) is -2.17. The number of carbonyl (C=O) groups is 2. The van der Waals surface area contributed by atoms with Crippen molar-refractivity contribution in [1.29, 1.82) is 0 Å². The number of carbonyl (C=O) groups excluding carboxylic acids is 2. The number of aliphatic hydroxyl groups excluding tert-OH is 2. The number of nitrogens with zero attached hydrogens (tertiary/aromatic N) is 1. The molecule has 0 saturated carbocycles. The standard InChI is InChI=1S/C28H32N3O9P/c1-18-10-12-22(13-11-18)40-41(36,30-19(2)28(35)37-16-20-7-4-3-5-8-20)38-17-23-24(32)25(33)27(39-23)31-14-6-9-21(15-31)26(29)34/h3-15,19,23-25,27,32-33H,16-17H2,1-2H3,(H2-,29,30,34,36)/p+1/t19-,23+,24-,25?,27+,41?/m0/s1. The highest BCUT2D eigenvalue weighted by atomic mass is 31.2. The smallest absolute Gasteiger partial charge is 0.459 e. The molecule has 4 rings (SSSR count). The van der Waals surface area contributed by atoms with Crippen LogP contribution >= 0.6 is 7.75 Å². The number of aromatic nitrogens is 1. The third-order valence-electron chi connectivity index (χ3n) is 6.32. The van der Waals surface area contributed by atoms with Gasteiger partial charge in [-0.15, -0.1) is 0 Å². The lowest BCUT2D eigenvalue weighted by atomic mass is 10.1. The number of primary amides is 1. The van der Waals surface area contributed by atoms with E-state index in [0.29, 0.717) is 0 Å². The van der Waals surface area contributed by atoms with Gasteiger partial charge < -0.3 is 29.9 Å². The molecule has 13 heteroatoms. The third-order valence-corrected chi connectivity index (χ3v) is 7.97. The second kappa shape index (κ2) is 13.3. The Labute approximate surface area is 237 Å². The van der Waals surface area contributed by atoms with Crippen molar-refractivity contribution in [2.24, 2.45) is 5.73 Å². The Morgan fingerprint density at radius 1 is 1.07 bits per heavy atom. The van der Waals surface area contributed by atoms with Crippen molar-refractivity contribution in [2.75, 3.05) is 6.61 Å². The van der Waals surface area contributed by atoms with E-state index in [-0.39, 0.29) is 17.9 Å². The minimum atomic E-state index is -4.26. The van der Waals surface area contributed by atoms with E-state index >= 15 is 0 Å². The molecule has 2 aromatic carbocycles. The molecule has 12 nitrogen and oxygen atoms in total. The van der Waals surface area contributed by atoms with E-state index in [4.69, 9.17) is 24.3 Å². The van der Waals surface area contributed by atoms with Crippen LogP contribution in [0.25, 0.3) is 0 Å². The maximum Gasteiger partial charge on any atom is 0.459 e. The molecule has 1 aliphatic rings. The molecule has 0 radical (unpaired) electrons. The fraction of sp³-hybridized carbons (Fsp3) is 0.321. The van der Waals surface area contributed by atoms with Gasteiger partial charge >= 0.3 is 13.7 Å². The van der Waals surface area contributed by atoms with Gasteiger partial charge in [0, 0.05) is 6.07 Å². The second-order valence-electron chi connectivity index (χ2n) is 9.59. The largest absolute Gasteiger partial charge is 0.460 e. The molecule has 41 heavy (non-hydrogen) atoms. The van der Waals surface area contributed by atoms with E-state index in [9.17, 15) is 24.4 Å². The van der Waals surface area contributed by atoms with Crippen LogP contribution in [-0.2, 0) is 30.0 Å². The number of amides is 1. The first-order valence-corrected chi connectivity index (χ1v) is 14.4. The lowest BCUT2D eigenvalue weighted by Crippen LogP contribution is -2.46. The van der Waals surface area contributed by atoms with Crippen LogP contribution in [0.1, 0.15) is 34.6 Å². The number of ether oxygens (including phenoxy) is 2. The quantitative estimate of drug-likeness (QED) is 0.140. The zero-order valence-corrected chi connectivity index (χ0v) is 23.4. The Kier molecular flexibility index (Phi) is 9.87. The monoisotopic (exact) mass is 586 g/mol. The van der Waals surface area contributed by atoms with Gasteiger partial charge in [-0.05, 0) is 37.6 Å². The summed E-state index contributed by atoms with van der Waals surface area (Å²) in [7, 11) is -4.26. The molecular weight excluding hydrogens is 553 g/mol. The van der Waals surface area contributed by atoms with Crippen molar-refractivity contribution in [3.05, 3.63) is 95.8 Å². The van der Waals surface area contributed by atoms with Crippen molar-refractivity contribution in [1.82, 2.24) is 5.09 Å². The van der Waals surface area contributed by atoms with Gasteiger partial charge in [-0.1, -0.05) is 48.0 Å². The molecule has 2 unspecified atom stereocenters. The number of aryl methyl sites for hydroxylation is 1. The predicted molar refractivity (Wildman–Crippen MR) is 145 cm³/mol. The Balaban J connectivity index is 1.45. The molecule has 0 aliphatic carbocycles. The Hall–Kier alpha value is -3.64. The zero-order chi connectivity index (χ0) is 29.6. The fourth-order valence-electron chi connectivity index (χ4n) is 4.05. The average Bonchev–Trinajstić information content (AvgIpc) is 3.25. The first-order chi connectivity index (χ1) is 19.5. The number of hydrogen-bond acceptors (Lipinski definition) is 9. The third kappa shape index (κ3) is 7.98. The summed E-state index contributed by atoms with van der Waals surface area (Å²) in [4.78, 5) is 24.2. The Bertz CT molecular complexity index is 1390. The first kappa shape index (κ1) is 30.3. The number of rotatable bonds is 12. The molecule has 1 amide bonds. The summed E-state index contributed by atoms with van der Waals surface area (Å²) >= 11 is 0. The van der Waals surface area contributed by atoms with E-state index in [0.717, 1.165) is 11.1 Å². The number of benzene rings is 2. The van der Waals surface area contributed by atoms with Crippen LogP contribution in [0.3, 0.4) is 0 Å². The van der Waals surface area contributed by atoms with Crippen LogP contribution in [0.5, 0.6) is 5.75 Å². The molecule has 1 aromatic heterocycles. The Morgan fingerprint density at radius 3 is 2.46 bits per heavy atom. The summed E-state index contributed by atoms with van der Waals surface area (Å²) in [6.45, 7) is 2.87. The number of esters is 1. The molecule has 218 valence electrons. The molecule has 3 aromatic rings. The maximum absolute atomic E-state index is 13.9. The highest BCUT2D eigenvalue weighted by Crippen LogP contribution is 2.46. The second-order valence-corrected chi connectivity index (χ2v) is 11.3. The summed E-state index contributed by atoms with van der Waals surface area (Å²) in [5, 5.41) is 23.9. The lowest BCUT2D eigenvalue weighted by Gasteiger charge is -2.24. The molecule has 2 heterocycles. The fourth-order valence-corrected chi connectivity index (χ4v) is 5.56. The molecule has 0 bridgehead atoms. The topological polar surface area (TPSA) is 171 Å². The highest BCUT2D eigenvalue weighted by Gasteiger charge is 2.49. The molecule has 6 atom stereocenters. The highest BCUT2D eigenvalue weighted by molar-refractivity contribution is 7.52. The molecule has 0 spiro atoms. The van der Waals surface area contributed by atoms with E-state index in [2.05, 4.69) is 5.09 Å². The van der Waals surface area contributed by atoms with Crippen molar-refractivity contribution < 1.29 is 47.5 Å². The number of nitrogens with two attached hydrogens (primary N) is 1. The zero-order valence-electron chi connectivity index (χ0n) is 22.5. The van der Waals surface area contributed by atoms with E-state index in [1.807, 2.05) is 25.1 Å². The van der Waals surface area contributed by atoms with E-state index in [1.54, 1.807) is 36.4 Å². The van der Waals surface area contributed by atoms with Gasteiger partial charge in [0.2, 0.25) is 0 Å². The van der Waals surface area contributed by atoms with Gasteiger partial charge in [-0.3, -0.25) is 14.1 Å². The minimum absolute atomic E-state index is 0.0195.